The van der Waals surface area contributed by atoms with Crippen LogP contribution in [0.15, 0.2) is 47.1 Å². The Morgan fingerprint density at radius 1 is 1.16 bits per heavy atom. The van der Waals surface area contributed by atoms with Crippen molar-refractivity contribution < 1.29 is 4.74 Å². The Bertz CT molecular complexity index is 708. The summed E-state index contributed by atoms with van der Waals surface area (Å²) in [6, 6.07) is 11.2. The summed E-state index contributed by atoms with van der Waals surface area (Å²) in [6.07, 6.45) is 1.84. The summed E-state index contributed by atoms with van der Waals surface area (Å²) < 4.78 is 8.54. The SMILES string of the molecule is Nc1ccn2c(COc3ccc(Br)cc3)nnc2c1. The third-order valence-electron chi connectivity index (χ3n) is 2.69. The van der Waals surface area contributed by atoms with Gasteiger partial charge < -0.3 is 10.5 Å². The van der Waals surface area contributed by atoms with Crippen molar-refractivity contribution in [1.29, 1.82) is 0 Å². The van der Waals surface area contributed by atoms with E-state index in [0.717, 1.165) is 21.7 Å². The quantitative estimate of drug-likeness (QED) is 0.806. The van der Waals surface area contributed by atoms with Gasteiger partial charge in [-0.2, -0.15) is 0 Å². The first-order chi connectivity index (χ1) is 9.22. The number of fused-ring (bicyclic) bond motifs is 1. The van der Waals surface area contributed by atoms with Gasteiger partial charge in [-0.15, -0.1) is 10.2 Å². The van der Waals surface area contributed by atoms with Gasteiger partial charge in [0.1, 0.15) is 12.4 Å². The van der Waals surface area contributed by atoms with Crippen LogP contribution in [-0.2, 0) is 6.61 Å². The average molecular weight is 319 g/mol. The van der Waals surface area contributed by atoms with Gasteiger partial charge >= 0.3 is 0 Å². The van der Waals surface area contributed by atoms with E-state index in [0.29, 0.717) is 12.3 Å². The van der Waals surface area contributed by atoms with Crippen LogP contribution in [-0.4, -0.2) is 14.6 Å². The van der Waals surface area contributed by atoms with E-state index in [2.05, 4.69) is 26.1 Å². The second kappa shape index (κ2) is 4.89. The largest absolute Gasteiger partial charge is 0.486 e. The molecule has 0 saturated carbocycles. The van der Waals surface area contributed by atoms with Crippen LogP contribution in [0.5, 0.6) is 5.75 Å². The molecule has 96 valence electrons. The molecule has 0 atom stereocenters. The van der Waals surface area contributed by atoms with E-state index in [9.17, 15) is 0 Å². The van der Waals surface area contributed by atoms with Gasteiger partial charge in [-0.05, 0) is 30.3 Å². The Morgan fingerprint density at radius 2 is 1.95 bits per heavy atom. The molecular formula is C13H11BrN4O. The van der Waals surface area contributed by atoms with Gasteiger partial charge in [-0.3, -0.25) is 4.40 Å². The second-order valence-electron chi connectivity index (χ2n) is 4.05. The number of anilines is 1. The summed E-state index contributed by atoms with van der Waals surface area (Å²) in [4.78, 5) is 0. The van der Waals surface area contributed by atoms with Crippen molar-refractivity contribution in [3.8, 4) is 5.75 Å². The first kappa shape index (κ1) is 12.0. The number of benzene rings is 1. The van der Waals surface area contributed by atoms with Crippen LogP contribution in [0, 0.1) is 0 Å². The Balaban J connectivity index is 1.80. The molecule has 6 heteroatoms. The number of nitrogens with zero attached hydrogens (tertiary/aromatic N) is 3. The van der Waals surface area contributed by atoms with Gasteiger partial charge in [-0.25, -0.2) is 0 Å². The van der Waals surface area contributed by atoms with E-state index in [1.165, 1.54) is 0 Å². The lowest BCUT2D eigenvalue weighted by molar-refractivity contribution is 0.294. The highest BCUT2D eigenvalue weighted by atomic mass is 79.9. The molecule has 0 unspecified atom stereocenters. The number of hydrogen-bond donors (Lipinski definition) is 1. The number of ether oxygens (including phenoxy) is 1. The van der Waals surface area contributed by atoms with E-state index in [1.54, 1.807) is 12.1 Å². The van der Waals surface area contributed by atoms with E-state index in [1.807, 2.05) is 34.9 Å². The molecule has 0 aliphatic heterocycles. The summed E-state index contributed by atoms with van der Waals surface area (Å²) in [5.41, 5.74) is 7.08. The zero-order valence-electron chi connectivity index (χ0n) is 9.95. The molecular weight excluding hydrogens is 308 g/mol. The third-order valence-corrected chi connectivity index (χ3v) is 3.21. The van der Waals surface area contributed by atoms with Crippen molar-refractivity contribution in [1.82, 2.24) is 14.6 Å². The zero-order chi connectivity index (χ0) is 13.2. The van der Waals surface area contributed by atoms with Gasteiger partial charge in [0.15, 0.2) is 11.5 Å². The summed E-state index contributed by atoms with van der Waals surface area (Å²) in [5.74, 6) is 1.52. The maximum absolute atomic E-state index is 5.70. The highest BCUT2D eigenvalue weighted by Crippen LogP contribution is 2.17. The van der Waals surface area contributed by atoms with Crippen molar-refractivity contribution in [3.05, 3.63) is 52.9 Å². The fourth-order valence-corrected chi connectivity index (χ4v) is 2.00. The average Bonchev–Trinajstić information content (AvgIpc) is 2.80. The molecule has 3 aromatic rings. The van der Waals surface area contributed by atoms with E-state index in [-0.39, 0.29) is 0 Å². The van der Waals surface area contributed by atoms with Gasteiger partial charge in [0.05, 0.1) is 0 Å². The van der Waals surface area contributed by atoms with Crippen LogP contribution in [0.4, 0.5) is 5.69 Å². The maximum atomic E-state index is 5.70. The van der Waals surface area contributed by atoms with E-state index >= 15 is 0 Å². The number of nitrogens with two attached hydrogens (primary N) is 1. The second-order valence-corrected chi connectivity index (χ2v) is 4.96. The Kier molecular flexibility index (Phi) is 3.08. The number of hydrogen-bond acceptors (Lipinski definition) is 4. The van der Waals surface area contributed by atoms with Crippen molar-refractivity contribution in [3.63, 3.8) is 0 Å². The number of nitrogen functional groups attached to an aromatic ring is 1. The molecule has 2 aromatic heterocycles. The molecule has 0 aliphatic carbocycles. The van der Waals surface area contributed by atoms with Crippen molar-refractivity contribution in [2.75, 3.05) is 5.73 Å². The van der Waals surface area contributed by atoms with E-state index < -0.39 is 0 Å². The first-order valence-electron chi connectivity index (χ1n) is 5.70. The molecule has 3 rings (SSSR count). The summed E-state index contributed by atoms with van der Waals surface area (Å²) in [7, 11) is 0. The molecule has 5 nitrogen and oxygen atoms in total. The molecule has 0 aliphatic rings. The van der Waals surface area contributed by atoms with Crippen LogP contribution < -0.4 is 10.5 Å². The van der Waals surface area contributed by atoms with Gasteiger partial charge in [-0.1, -0.05) is 15.9 Å². The molecule has 2 heterocycles. The van der Waals surface area contributed by atoms with Gasteiger partial charge in [0.2, 0.25) is 0 Å². The molecule has 0 saturated heterocycles. The molecule has 1 aromatic carbocycles. The number of rotatable bonds is 3. The van der Waals surface area contributed by atoms with Crippen LogP contribution in [0.2, 0.25) is 0 Å². The third kappa shape index (κ3) is 2.53. The number of aromatic nitrogens is 3. The van der Waals surface area contributed by atoms with Gasteiger partial charge in [0.25, 0.3) is 0 Å². The van der Waals surface area contributed by atoms with E-state index in [4.69, 9.17) is 10.5 Å². The van der Waals surface area contributed by atoms with Crippen LogP contribution in [0.3, 0.4) is 0 Å². The molecule has 0 radical (unpaired) electrons. The number of halogens is 1. The maximum Gasteiger partial charge on any atom is 0.175 e. The lowest BCUT2D eigenvalue weighted by atomic mass is 10.3. The van der Waals surface area contributed by atoms with Crippen LogP contribution >= 0.6 is 15.9 Å². The summed E-state index contributed by atoms with van der Waals surface area (Å²) in [6.45, 7) is 0.354. The van der Waals surface area contributed by atoms with Crippen LogP contribution in [0.25, 0.3) is 5.65 Å². The van der Waals surface area contributed by atoms with Gasteiger partial charge in [0, 0.05) is 22.4 Å². The predicted molar refractivity (Wildman–Crippen MR) is 75.9 cm³/mol. The van der Waals surface area contributed by atoms with Crippen molar-refractivity contribution in [2.24, 2.45) is 0 Å². The minimum absolute atomic E-state index is 0.354. The minimum atomic E-state index is 0.354. The monoisotopic (exact) mass is 318 g/mol. The minimum Gasteiger partial charge on any atom is -0.486 e. The Hall–Kier alpha value is -2.08. The number of pyridine rings is 1. The fourth-order valence-electron chi connectivity index (χ4n) is 1.73. The molecule has 0 fully saturated rings. The highest BCUT2D eigenvalue weighted by Gasteiger charge is 2.06. The Labute approximate surface area is 118 Å². The molecule has 0 bridgehead atoms. The molecule has 0 amide bonds. The smallest absolute Gasteiger partial charge is 0.175 e. The summed E-state index contributed by atoms with van der Waals surface area (Å²) in [5, 5.41) is 8.14. The molecule has 0 spiro atoms. The lowest BCUT2D eigenvalue weighted by Crippen LogP contribution is -2.01. The highest BCUT2D eigenvalue weighted by molar-refractivity contribution is 9.10. The predicted octanol–water partition coefficient (Wildman–Crippen LogP) is 2.65. The van der Waals surface area contributed by atoms with Crippen LogP contribution in [0.1, 0.15) is 5.82 Å². The molecule has 19 heavy (non-hydrogen) atoms. The first-order valence-corrected chi connectivity index (χ1v) is 6.49. The normalized spacial score (nSPS) is 10.8. The topological polar surface area (TPSA) is 65.4 Å². The van der Waals surface area contributed by atoms with Crippen molar-refractivity contribution in [2.45, 2.75) is 6.61 Å². The standard InChI is InChI=1S/C13H11BrN4O/c14-9-1-3-11(4-2-9)19-8-13-17-16-12-7-10(15)5-6-18(12)13/h1-7H,8,15H2. The Morgan fingerprint density at radius 3 is 2.74 bits per heavy atom. The molecule has 2 N–H and O–H groups in total. The summed E-state index contributed by atoms with van der Waals surface area (Å²) >= 11 is 3.38. The van der Waals surface area contributed by atoms with Crippen molar-refractivity contribution >= 4 is 27.3 Å². The zero-order valence-corrected chi connectivity index (χ0v) is 11.5. The lowest BCUT2D eigenvalue weighted by Gasteiger charge is -2.05. The fraction of sp³-hybridized carbons (Fsp3) is 0.0769.